The fraction of sp³-hybridized carbons (Fsp3) is 0.357. The summed E-state index contributed by atoms with van der Waals surface area (Å²) in [5, 5.41) is 1.83. The second kappa shape index (κ2) is 8.57. The van der Waals surface area contributed by atoms with E-state index in [0.717, 1.165) is 5.75 Å². The van der Waals surface area contributed by atoms with Gasteiger partial charge in [-0.05, 0) is 25.5 Å². The molecule has 114 valence electrons. The van der Waals surface area contributed by atoms with Gasteiger partial charge in [0.05, 0.1) is 6.61 Å². The minimum atomic E-state index is -1.07. The molecule has 3 N–H and O–H groups in total. The summed E-state index contributed by atoms with van der Waals surface area (Å²) in [5.74, 6) is -0.574. The van der Waals surface area contributed by atoms with E-state index in [1.165, 1.54) is 6.92 Å². The largest absolute Gasteiger partial charge is 0.494 e. The van der Waals surface area contributed by atoms with Crippen LogP contribution in [0.25, 0.3) is 0 Å². The molecule has 1 atom stereocenters. The lowest BCUT2D eigenvalue weighted by atomic mass is 10.3. The number of carbonyl (C=O) groups is 3. The maximum Gasteiger partial charge on any atom is 0.318 e. The lowest BCUT2D eigenvalue weighted by Crippen LogP contribution is -2.42. The Morgan fingerprint density at radius 3 is 2.52 bits per heavy atom. The first-order valence-corrected chi connectivity index (χ1v) is 6.46. The molecule has 1 aromatic rings. The van der Waals surface area contributed by atoms with Crippen molar-refractivity contribution in [2.24, 2.45) is 5.73 Å². The van der Waals surface area contributed by atoms with E-state index in [2.05, 4.69) is 0 Å². The molecule has 7 heteroatoms. The Bertz CT molecular complexity index is 489. The van der Waals surface area contributed by atoms with E-state index in [-0.39, 0.29) is 6.42 Å². The summed E-state index contributed by atoms with van der Waals surface area (Å²) in [6.07, 6.45) is -0.501. The van der Waals surface area contributed by atoms with Crippen LogP contribution in [0.3, 0.4) is 0 Å². The van der Waals surface area contributed by atoms with Crippen LogP contribution in [0.15, 0.2) is 30.3 Å². The second-order valence-electron chi connectivity index (χ2n) is 4.25. The number of hydrogen-bond donors (Lipinski definition) is 2. The summed E-state index contributed by atoms with van der Waals surface area (Å²) in [4.78, 5) is 33.2. The van der Waals surface area contributed by atoms with Gasteiger partial charge in [-0.2, -0.15) is 0 Å². The first kappa shape index (κ1) is 16.5. The number of para-hydroxylation sites is 1. The van der Waals surface area contributed by atoms with Crippen LogP contribution in [0.2, 0.25) is 0 Å². The van der Waals surface area contributed by atoms with Crippen molar-refractivity contribution in [2.75, 3.05) is 6.61 Å². The molecule has 0 saturated carbocycles. The minimum Gasteiger partial charge on any atom is -0.494 e. The molecule has 1 rings (SSSR count). The summed E-state index contributed by atoms with van der Waals surface area (Å²) in [6.45, 7) is 1.72. The first-order chi connectivity index (χ1) is 9.99. The molecule has 0 spiro atoms. The molecular formula is C14H18N2O5. The van der Waals surface area contributed by atoms with E-state index in [1.807, 2.05) is 35.6 Å². The van der Waals surface area contributed by atoms with Gasteiger partial charge in [0.25, 0.3) is 5.91 Å². The van der Waals surface area contributed by atoms with Gasteiger partial charge >= 0.3 is 12.0 Å². The van der Waals surface area contributed by atoms with Gasteiger partial charge in [-0.1, -0.05) is 18.2 Å². The van der Waals surface area contributed by atoms with E-state index >= 15 is 0 Å². The number of ether oxygens (including phenoxy) is 2. The van der Waals surface area contributed by atoms with Gasteiger partial charge in [0.1, 0.15) is 5.75 Å². The van der Waals surface area contributed by atoms with Crippen LogP contribution in [-0.2, 0) is 14.3 Å². The smallest absolute Gasteiger partial charge is 0.318 e. The van der Waals surface area contributed by atoms with Crippen molar-refractivity contribution in [1.29, 1.82) is 0 Å². The topological polar surface area (TPSA) is 108 Å². The molecule has 0 saturated heterocycles. The van der Waals surface area contributed by atoms with E-state index in [9.17, 15) is 14.4 Å². The average Bonchev–Trinajstić information content (AvgIpc) is 2.44. The van der Waals surface area contributed by atoms with Gasteiger partial charge in [-0.3, -0.25) is 14.9 Å². The number of benzene rings is 1. The predicted molar refractivity (Wildman–Crippen MR) is 74.5 cm³/mol. The summed E-state index contributed by atoms with van der Waals surface area (Å²) in [7, 11) is 0. The molecule has 0 heterocycles. The van der Waals surface area contributed by atoms with Gasteiger partial charge in [-0.15, -0.1) is 0 Å². The molecule has 0 radical (unpaired) electrons. The summed E-state index contributed by atoms with van der Waals surface area (Å²) in [6, 6.07) is 8.22. The summed E-state index contributed by atoms with van der Waals surface area (Å²) < 4.78 is 10.3. The number of rotatable bonds is 7. The van der Waals surface area contributed by atoms with E-state index < -0.39 is 24.0 Å². The molecule has 0 aliphatic heterocycles. The SMILES string of the molecule is C[C@@H](OC(=O)CCCOc1ccccc1)C(=O)NC(N)=O. The Kier molecular flexibility index (Phi) is 6.73. The highest BCUT2D eigenvalue weighted by molar-refractivity contribution is 5.96. The van der Waals surface area contributed by atoms with Crippen molar-refractivity contribution in [3.63, 3.8) is 0 Å². The number of nitrogens with two attached hydrogens (primary N) is 1. The Labute approximate surface area is 122 Å². The van der Waals surface area contributed by atoms with Crippen LogP contribution >= 0.6 is 0 Å². The lowest BCUT2D eigenvalue weighted by Gasteiger charge is -2.12. The molecule has 0 aliphatic carbocycles. The maximum atomic E-state index is 11.5. The van der Waals surface area contributed by atoms with Crippen molar-refractivity contribution < 1.29 is 23.9 Å². The molecule has 21 heavy (non-hydrogen) atoms. The van der Waals surface area contributed by atoms with E-state index in [1.54, 1.807) is 0 Å². The fourth-order valence-electron chi connectivity index (χ4n) is 1.46. The van der Waals surface area contributed by atoms with Gasteiger partial charge in [0, 0.05) is 6.42 Å². The number of hydrogen-bond acceptors (Lipinski definition) is 5. The predicted octanol–water partition coefficient (Wildman–Crippen LogP) is 0.972. The number of primary amides is 1. The van der Waals surface area contributed by atoms with Crippen molar-refractivity contribution in [3.05, 3.63) is 30.3 Å². The monoisotopic (exact) mass is 294 g/mol. The first-order valence-electron chi connectivity index (χ1n) is 6.46. The zero-order valence-corrected chi connectivity index (χ0v) is 11.7. The Hall–Kier alpha value is -2.57. The van der Waals surface area contributed by atoms with Crippen molar-refractivity contribution in [2.45, 2.75) is 25.9 Å². The lowest BCUT2D eigenvalue weighted by molar-refractivity contribution is -0.154. The minimum absolute atomic E-state index is 0.112. The highest BCUT2D eigenvalue weighted by Crippen LogP contribution is 2.09. The van der Waals surface area contributed by atoms with Crippen molar-refractivity contribution in [3.8, 4) is 5.75 Å². The third-order valence-corrected chi connectivity index (χ3v) is 2.46. The number of urea groups is 1. The molecular weight excluding hydrogens is 276 g/mol. The van der Waals surface area contributed by atoms with E-state index in [4.69, 9.17) is 15.2 Å². The second-order valence-corrected chi connectivity index (χ2v) is 4.25. The standard InChI is InChI=1S/C14H18N2O5/c1-10(13(18)16-14(15)19)21-12(17)8-5-9-20-11-6-3-2-4-7-11/h2-4,6-7,10H,5,8-9H2,1H3,(H3,15,16,18,19)/t10-/m1/s1. The average molecular weight is 294 g/mol. The Morgan fingerprint density at radius 2 is 1.90 bits per heavy atom. The van der Waals surface area contributed by atoms with Gasteiger partial charge in [0.2, 0.25) is 0 Å². The normalized spacial score (nSPS) is 11.3. The third kappa shape index (κ3) is 6.95. The number of carbonyl (C=O) groups excluding carboxylic acids is 3. The van der Waals surface area contributed by atoms with Crippen molar-refractivity contribution in [1.82, 2.24) is 5.32 Å². The summed E-state index contributed by atoms with van der Waals surface area (Å²) >= 11 is 0. The highest BCUT2D eigenvalue weighted by atomic mass is 16.5. The molecule has 3 amide bonds. The number of amides is 3. The third-order valence-electron chi connectivity index (χ3n) is 2.46. The van der Waals surface area contributed by atoms with Crippen LogP contribution in [0.1, 0.15) is 19.8 Å². The quantitative estimate of drug-likeness (QED) is 0.575. The van der Waals surface area contributed by atoms with Crippen LogP contribution in [-0.4, -0.2) is 30.6 Å². The van der Waals surface area contributed by atoms with Crippen LogP contribution in [0.5, 0.6) is 5.75 Å². The molecule has 0 fully saturated rings. The maximum absolute atomic E-state index is 11.5. The van der Waals surface area contributed by atoms with Crippen LogP contribution < -0.4 is 15.8 Å². The zero-order chi connectivity index (χ0) is 15.7. The van der Waals surface area contributed by atoms with Gasteiger partial charge < -0.3 is 15.2 Å². The highest BCUT2D eigenvalue weighted by Gasteiger charge is 2.18. The Balaban J connectivity index is 2.19. The van der Waals surface area contributed by atoms with Crippen molar-refractivity contribution >= 4 is 17.9 Å². The van der Waals surface area contributed by atoms with Gasteiger partial charge in [0.15, 0.2) is 6.10 Å². The number of esters is 1. The molecule has 0 unspecified atom stereocenters. The number of imide groups is 1. The summed E-state index contributed by atoms with van der Waals surface area (Å²) in [5.41, 5.74) is 4.79. The molecule has 0 aromatic heterocycles. The van der Waals surface area contributed by atoms with Gasteiger partial charge in [-0.25, -0.2) is 4.79 Å². The zero-order valence-electron chi connectivity index (χ0n) is 11.7. The molecule has 0 aliphatic rings. The molecule has 7 nitrogen and oxygen atoms in total. The number of nitrogens with one attached hydrogen (secondary N) is 1. The Morgan fingerprint density at radius 1 is 1.24 bits per heavy atom. The molecule has 0 bridgehead atoms. The van der Waals surface area contributed by atoms with Crippen LogP contribution in [0, 0.1) is 0 Å². The fourth-order valence-corrected chi connectivity index (χ4v) is 1.46. The van der Waals surface area contributed by atoms with Crippen LogP contribution in [0.4, 0.5) is 4.79 Å². The molecule has 1 aromatic carbocycles. The van der Waals surface area contributed by atoms with E-state index in [0.29, 0.717) is 13.0 Å².